The monoisotopic (exact) mass is 180 g/mol. The van der Waals surface area contributed by atoms with E-state index in [9.17, 15) is 9.90 Å². The van der Waals surface area contributed by atoms with Gasteiger partial charge in [-0.05, 0) is 37.5 Å². The van der Waals surface area contributed by atoms with Gasteiger partial charge in [-0.3, -0.25) is 4.79 Å². The van der Waals surface area contributed by atoms with Crippen molar-refractivity contribution in [3.05, 3.63) is 12.7 Å². The highest BCUT2D eigenvalue weighted by Crippen LogP contribution is 2.56. The largest absolute Gasteiger partial charge is 0.481 e. The molecule has 0 aromatic heterocycles. The highest BCUT2D eigenvalue weighted by atomic mass is 16.4. The molecule has 2 rings (SSSR count). The molecule has 0 spiro atoms. The number of rotatable bonds is 4. The first-order valence-electron chi connectivity index (χ1n) is 5.08. The standard InChI is InChI=1S/C11H16O2/c1-2-11(10(12)13,9-6-7-9)8-4-3-5-8/h2,8-9H,1,3-7H2,(H,12,13). The van der Waals surface area contributed by atoms with Crippen LogP contribution in [0.1, 0.15) is 32.1 Å². The number of aliphatic carboxylic acids is 1. The second kappa shape index (κ2) is 2.86. The molecule has 0 heterocycles. The molecule has 2 aliphatic carbocycles. The Balaban J connectivity index is 2.24. The van der Waals surface area contributed by atoms with Crippen LogP contribution < -0.4 is 0 Å². The van der Waals surface area contributed by atoms with Gasteiger partial charge in [-0.25, -0.2) is 0 Å². The summed E-state index contributed by atoms with van der Waals surface area (Å²) in [5.74, 6) is 0.109. The Labute approximate surface area is 78.6 Å². The van der Waals surface area contributed by atoms with Crippen LogP contribution in [-0.4, -0.2) is 11.1 Å². The van der Waals surface area contributed by atoms with Gasteiger partial charge in [0.25, 0.3) is 0 Å². The topological polar surface area (TPSA) is 37.3 Å². The Morgan fingerprint density at radius 2 is 1.85 bits per heavy atom. The summed E-state index contributed by atoms with van der Waals surface area (Å²) in [6, 6.07) is 0. The summed E-state index contributed by atoms with van der Waals surface area (Å²) in [5, 5.41) is 9.30. The van der Waals surface area contributed by atoms with E-state index < -0.39 is 11.4 Å². The van der Waals surface area contributed by atoms with Crippen molar-refractivity contribution in [3.8, 4) is 0 Å². The predicted molar refractivity (Wildman–Crippen MR) is 50.3 cm³/mol. The second-order valence-electron chi connectivity index (χ2n) is 4.34. The third kappa shape index (κ3) is 1.11. The molecule has 2 fully saturated rings. The van der Waals surface area contributed by atoms with Gasteiger partial charge in [-0.1, -0.05) is 12.5 Å². The lowest BCUT2D eigenvalue weighted by atomic mass is 9.62. The maximum atomic E-state index is 11.3. The Hall–Kier alpha value is -0.790. The molecule has 0 aromatic carbocycles. The highest BCUT2D eigenvalue weighted by molar-refractivity contribution is 5.78. The van der Waals surface area contributed by atoms with E-state index in [1.165, 1.54) is 6.42 Å². The molecule has 13 heavy (non-hydrogen) atoms. The molecule has 1 atom stereocenters. The Morgan fingerprint density at radius 3 is 2.08 bits per heavy atom. The predicted octanol–water partition coefficient (Wildman–Crippen LogP) is 2.45. The number of carboxylic acids is 1. The first kappa shape index (κ1) is 8.79. The number of carbonyl (C=O) groups is 1. The van der Waals surface area contributed by atoms with E-state index in [-0.39, 0.29) is 0 Å². The summed E-state index contributed by atoms with van der Waals surface area (Å²) in [4.78, 5) is 11.3. The number of carboxylic acid groups (broad SMARTS) is 1. The molecule has 0 amide bonds. The Kier molecular flexibility index (Phi) is 1.94. The fourth-order valence-corrected chi connectivity index (χ4v) is 2.55. The Morgan fingerprint density at radius 1 is 1.31 bits per heavy atom. The molecular weight excluding hydrogens is 164 g/mol. The average molecular weight is 180 g/mol. The minimum absolute atomic E-state index is 0.370. The van der Waals surface area contributed by atoms with E-state index in [0.717, 1.165) is 25.7 Å². The fourth-order valence-electron chi connectivity index (χ4n) is 2.55. The van der Waals surface area contributed by atoms with Crippen LogP contribution in [0.3, 0.4) is 0 Å². The van der Waals surface area contributed by atoms with Crippen LogP contribution in [-0.2, 0) is 4.79 Å². The van der Waals surface area contributed by atoms with Crippen molar-refractivity contribution in [1.29, 1.82) is 0 Å². The maximum absolute atomic E-state index is 11.3. The normalized spacial score (nSPS) is 27.4. The van der Waals surface area contributed by atoms with Crippen LogP contribution in [0, 0.1) is 17.3 Å². The molecule has 1 N–H and O–H groups in total. The molecule has 0 aromatic rings. The van der Waals surface area contributed by atoms with Crippen LogP contribution in [0.2, 0.25) is 0 Å². The van der Waals surface area contributed by atoms with Gasteiger partial charge >= 0.3 is 5.97 Å². The summed E-state index contributed by atoms with van der Waals surface area (Å²) < 4.78 is 0. The first-order valence-corrected chi connectivity index (χ1v) is 5.08. The zero-order valence-electron chi connectivity index (χ0n) is 7.83. The van der Waals surface area contributed by atoms with Gasteiger partial charge in [-0.2, -0.15) is 0 Å². The third-order valence-electron chi connectivity index (χ3n) is 3.74. The molecule has 72 valence electrons. The van der Waals surface area contributed by atoms with Crippen LogP contribution in [0.15, 0.2) is 12.7 Å². The van der Waals surface area contributed by atoms with E-state index in [4.69, 9.17) is 0 Å². The highest BCUT2D eigenvalue weighted by Gasteiger charge is 2.55. The zero-order valence-corrected chi connectivity index (χ0v) is 7.83. The number of hydrogen-bond acceptors (Lipinski definition) is 1. The van der Waals surface area contributed by atoms with Crippen molar-refractivity contribution >= 4 is 5.97 Å². The van der Waals surface area contributed by atoms with E-state index in [2.05, 4.69) is 6.58 Å². The first-order chi connectivity index (χ1) is 6.21. The van der Waals surface area contributed by atoms with Crippen molar-refractivity contribution in [2.75, 3.05) is 0 Å². The molecular formula is C11H16O2. The smallest absolute Gasteiger partial charge is 0.314 e. The fraction of sp³-hybridized carbons (Fsp3) is 0.727. The minimum atomic E-state index is -0.644. The average Bonchev–Trinajstić information content (AvgIpc) is 2.77. The van der Waals surface area contributed by atoms with Crippen molar-refractivity contribution in [3.63, 3.8) is 0 Å². The van der Waals surface area contributed by atoms with Gasteiger partial charge in [0.2, 0.25) is 0 Å². The van der Waals surface area contributed by atoms with Crippen LogP contribution >= 0.6 is 0 Å². The van der Waals surface area contributed by atoms with E-state index in [1.54, 1.807) is 6.08 Å². The second-order valence-corrected chi connectivity index (χ2v) is 4.34. The molecule has 2 saturated carbocycles. The van der Waals surface area contributed by atoms with Gasteiger partial charge in [-0.15, -0.1) is 6.58 Å². The van der Waals surface area contributed by atoms with Crippen LogP contribution in [0.4, 0.5) is 0 Å². The SMILES string of the molecule is C=CC(C(=O)O)(C1CCC1)C1CC1. The quantitative estimate of drug-likeness (QED) is 0.675. The molecule has 0 saturated heterocycles. The van der Waals surface area contributed by atoms with E-state index in [1.807, 2.05) is 0 Å². The van der Waals surface area contributed by atoms with Crippen molar-refractivity contribution < 1.29 is 9.90 Å². The minimum Gasteiger partial charge on any atom is -0.481 e. The van der Waals surface area contributed by atoms with Crippen molar-refractivity contribution in [2.45, 2.75) is 32.1 Å². The maximum Gasteiger partial charge on any atom is 0.314 e. The molecule has 2 heteroatoms. The lowest BCUT2D eigenvalue weighted by Gasteiger charge is -2.40. The summed E-state index contributed by atoms with van der Waals surface area (Å²) in [5.41, 5.74) is -0.571. The molecule has 1 unspecified atom stereocenters. The van der Waals surface area contributed by atoms with Gasteiger partial charge in [0.15, 0.2) is 0 Å². The van der Waals surface area contributed by atoms with E-state index >= 15 is 0 Å². The lowest BCUT2D eigenvalue weighted by molar-refractivity contribution is -0.152. The summed E-state index contributed by atoms with van der Waals surface area (Å²) in [7, 11) is 0. The molecule has 2 aliphatic rings. The molecule has 0 bridgehead atoms. The van der Waals surface area contributed by atoms with E-state index in [0.29, 0.717) is 11.8 Å². The third-order valence-corrected chi connectivity index (χ3v) is 3.74. The summed E-state index contributed by atoms with van der Waals surface area (Å²) >= 11 is 0. The summed E-state index contributed by atoms with van der Waals surface area (Å²) in [6.45, 7) is 3.74. The van der Waals surface area contributed by atoms with Gasteiger partial charge in [0, 0.05) is 0 Å². The summed E-state index contributed by atoms with van der Waals surface area (Å²) in [6.07, 6.45) is 7.21. The van der Waals surface area contributed by atoms with Gasteiger partial charge in [0.1, 0.15) is 0 Å². The lowest BCUT2D eigenvalue weighted by Crippen LogP contribution is -2.42. The van der Waals surface area contributed by atoms with Crippen LogP contribution in [0.25, 0.3) is 0 Å². The Bertz CT molecular complexity index is 238. The molecule has 0 radical (unpaired) electrons. The zero-order chi connectivity index (χ0) is 9.47. The van der Waals surface area contributed by atoms with Crippen molar-refractivity contribution in [2.24, 2.45) is 17.3 Å². The molecule has 2 nitrogen and oxygen atoms in total. The number of hydrogen-bond donors (Lipinski definition) is 1. The van der Waals surface area contributed by atoms with Crippen molar-refractivity contribution in [1.82, 2.24) is 0 Å². The van der Waals surface area contributed by atoms with Crippen LogP contribution in [0.5, 0.6) is 0 Å². The molecule has 0 aliphatic heterocycles. The van der Waals surface area contributed by atoms with Gasteiger partial charge < -0.3 is 5.11 Å². The van der Waals surface area contributed by atoms with Gasteiger partial charge in [0.05, 0.1) is 5.41 Å².